The summed E-state index contributed by atoms with van der Waals surface area (Å²) >= 11 is 5.90. The third-order valence-corrected chi connectivity index (χ3v) is 3.48. The first-order chi connectivity index (χ1) is 6.85. The van der Waals surface area contributed by atoms with Crippen molar-refractivity contribution in [1.82, 2.24) is 5.32 Å². The molecule has 1 fully saturated rings. The molecule has 0 atom stereocenters. The summed E-state index contributed by atoms with van der Waals surface area (Å²) in [7, 11) is 0. The highest BCUT2D eigenvalue weighted by Gasteiger charge is 2.40. The van der Waals surface area contributed by atoms with Gasteiger partial charge in [0.25, 0.3) is 0 Å². The highest BCUT2D eigenvalue weighted by atomic mass is 35.5. The van der Waals surface area contributed by atoms with Gasteiger partial charge in [-0.1, -0.05) is 30.3 Å². The summed E-state index contributed by atoms with van der Waals surface area (Å²) in [6, 6.07) is 10.5. The molecular formula is C12H16ClN. The van der Waals surface area contributed by atoms with Crippen molar-refractivity contribution >= 4 is 11.6 Å². The zero-order valence-corrected chi connectivity index (χ0v) is 9.06. The number of hydrogen-bond acceptors (Lipinski definition) is 1. The van der Waals surface area contributed by atoms with Gasteiger partial charge < -0.3 is 5.32 Å². The molecule has 2 rings (SSSR count). The SMILES string of the molecule is ClCC1(CNCc2ccccc2)CC1. The predicted molar refractivity (Wildman–Crippen MR) is 60.5 cm³/mol. The molecule has 14 heavy (non-hydrogen) atoms. The van der Waals surface area contributed by atoms with Gasteiger partial charge in [0.2, 0.25) is 0 Å². The largest absolute Gasteiger partial charge is 0.312 e. The van der Waals surface area contributed by atoms with Gasteiger partial charge in [0.1, 0.15) is 0 Å². The fraction of sp³-hybridized carbons (Fsp3) is 0.500. The number of alkyl halides is 1. The lowest BCUT2D eigenvalue weighted by atomic mass is 10.1. The van der Waals surface area contributed by atoms with Crippen molar-refractivity contribution in [1.29, 1.82) is 0 Å². The van der Waals surface area contributed by atoms with Crippen LogP contribution in [0.4, 0.5) is 0 Å². The van der Waals surface area contributed by atoms with Crippen LogP contribution in [0, 0.1) is 5.41 Å². The Bertz CT molecular complexity index is 280. The van der Waals surface area contributed by atoms with Gasteiger partial charge in [-0.25, -0.2) is 0 Å². The van der Waals surface area contributed by atoms with E-state index in [9.17, 15) is 0 Å². The molecule has 0 spiro atoms. The van der Waals surface area contributed by atoms with Gasteiger partial charge in [-0.15, -0.1) is 11.6 Å². The highest BCUT2D eigenvalue weighted by molar-refractivity contribution is 6.18. The lowest BCUT2D eigenvalue weighted by Crippen LogP contribution is -2.24. The summed E-state index contributed by atoms with van der Waals surface area (Å²) < 4.78 is 0. The third-order valence-electron chi connectivity index (χ3n) is 2.91. The Balaban J connectivity index is 1.73. The van der Waals surface area contributed by atoms with Crippen molar-refractivity contribution in [2.75, 3.05) is 12.4 Å². The first kappa shape index (κ1) is 10.0. The molecule has 1 aliphatic rings. The molecular weight excluding hydrogens is 194 g/mol. The zero-order chi connectivity index (χ0) is 9.86. The van der Waals surface area contributed by atoms with Gasteiger partial charge in [0.15, 0.2) is 0 Å². The van der Waals surface area contributed by atoms with Crippen LogP contribution in [-0.2, 0) is 6.54 Å². The molecule has 0 amide bonds. The lowest BCUT2D eigenvalue weighted by Gasteiger charge is -2.12. The molecule has 0 radical (unpaired) electrons. The predicted octanol–water partition coefficient (Wildman–Crippen LogP) is 2.80. The Morgan fingerprint density at radius 2 is 1.93 bits per heavy atom. The van der Waals surface area contributed by atoms with Gasteiger partial charge in [-0.05, 0) is 23.8 Å². The summed E-state index contributed by atoms with van der Waals surface area (Å²) in [4.78, 5) is 0. The van der Waals surface area contributed by atoms with E-state index in [0.29, 0.717) is 5.41 Å². The van der Waals surface area contributed by atoms with E-state index in [1.807, 2.05) is 6.07 Å². The van der Waals surface area contributed by atoms with Gasteiger partial charge in [-0.3, -0.25) is 0 Å². The van der Waals surface area contributed by atoms with E-state index >= 15 is 0 Å². The average Bonchev–Trinajstić information content (AvgIpc) is 3.00. The van der Waals surface area contributed by atoms with Crippen LogP contribution in [0.25, 0.3) is 0 Å². The topological polar surface area (TPSA) is 12.0 Å². The fourth-order valence-electron chi connectivity index (χ4n) is 1.60. The van der Waals surface area contributed by atoms with Gasteiger partial charge in [0.05, 0.1) is 0 Å². The van der Waals surface area contributed by atoms with Crippen LogP contribution >= 0.6 is 11.6 Å². The Hall–Kier alpha value is -0.530. The van der Waals surface area contributed by atoms with Crippen molar-refractivity contribution in [3.05, 3.63) is 35.9 Å². The van der Waals surface area contributed by atoms with Crippen LogP contribution in [0.1, 0.15) is 18.4 Å². The Morgan fingerprint density at radius 1 is 1.21 bits per heavy atom. The maximum Gasteiger partial charge on any atom is 0.0292 e. The van der Waals surface area contributed by atoms with Gasteiger partial charge in [-0.2, -0.15) is 0 Å². The first-order valence-corrected chi connectivity index (χ1v) is 5.69. The number of halogens is 1. The van der Waals surface area contributed by atoms with Crippen molar-refractivity contribution in [2.24, 2.45) is 5.41 Å². The van der Waals surface area contributed by atoms with Crippen LogP contribution in [-0.4, -0.2) is 12.4 Å². The molecule has 2 heteroatoms. The van der Waals surface area contributed by atoms with Gasteiger partial charge in [0, 0.05) is 19.0 Å². The second kappa shape index (κ2) is 4.33. The molecule has 0 saturated heterocycles. The molecule has 0 heterocycles. The normalized spacial score (nSPS) is 18.1. The second-order valence-electron chi connectivity index (χ2n) is 4.22. The lowest BCUT2D eigenvalue weighted by molar-refractivity contribution is 0.505. The number of benzene rings is 1. The average molecular weight is 210 g/mol. The molecule has 1 nitrogen and oxygen atoms in total. The van der Waals surface area contributed by atoms with E-state index in [2.05, 4.69) is 29.6 Å². The molecule has 76 valence electrons. The fourth-order valence-corrected chi connectivity index (χ4v) is 1.96. The molecule has 1 aromatic carbocycles. The summed E-state index contributed by atoms with van der Waals surface area (Å²) in [5.74, 6) is 0.800. The molecule has 1 aliphatic carbocycles. The summed E-state index contributed by atoms with van der Waals surface area (Å²) in [6.45, 7) is 2.02. The van der Waals surface area contributed by atoms with E-state index in [0.717, 1.165) is 19.0 Å². The molecule has 0 unspecified atom stereocenters. The summed E-state index contributed by atoms with van der Waals surface area (Å²) in [5, 5.41) is 3.47. The maximum absolute atomic E-state index is 5.90. The number of rotatable bonds is 5. The molecule has 1 aromatic rings. The summed E-state index contributed by atoms with van der Waals surface area (Å²) in [6.07, 6.45) is 2.58. The molecule has 0 bridgehead atoms. The number of hydrogen-bond donors (Lipinski definition) is 1. The van der Waals surface area contributed by atoms with Crippen LogP contribution < -0.4 is 5.32 Å². The Morgan fingerprint density at radius 3 is 2.50 bits per heavy atom. The molecule has 1 saturated carbocycles. The van der Waals surface area contributed by atoms with E-state index in [4.69, 9.17) is 11.6 Å². The number of nitrogens with one attached hydrogen (secondary N) is 1. The van der Waals surface area contributed by atoms with Crippen LogP contribution in [0.2, 0.25) is 0 Å². The first-order valence-electron chi connectivity index (χ1n) is 5.15. The van der Waals surface area contributed by atoms with E-state index in [1.165, 1.54) is 18.4 Å². The van der Waals surface area contributed by atoms with E-state index < -0.39 is 0 Å². The minimum atomic E-state index is 0.427. The standard InChI is InChI=1S/C12H16ClN/c13-9-12(6-7-12)10-14-8-11-4-2-1-3-5-11/h1-5,14H,6-10H2. The van der Waals surface area contributed by atoms with Crippen molar-refractivity contribution in [2.45, 2.75) is 19.4 Å². The van der Waals surface area contributed by atoms with Crippen LogP contribution in [0.15, 0.2) is 30.3 Å². The molecule has 0 aromatic heterocycles. The monoisotopic (exact) mass is 209 g/mol. The van der Waals surface area contributed by atoms with Crippen molar-refractivity contribution in [3.8, 4) is 0 Å². The minimum Gasteiger partial charge on any atom is -0.312 e. The summed E-state index contributed by atoms with van der Waals surface area (Å²) in [5.41, 5.74) is 1.77. The van der Waals surface area contributed by atoms with Crippen molar-refractivity contribution < 1.29 is 0 Å². The van der Waals surface area contributed by atoms with Crippen LogP contribution in [0.5, 0.6) is 0 Å². The van der Waals surface area contributed by atoms with Crippen LogP contribution in [0.3, 0.4) is 0 Å². The maximum atomic E-state index is 5.90. The second-order valence-corrected chi connectivity index (χ2v) is 4.49. The Kier molecular flexibility index (Phi) is 3.09. The Labute approximate surface area is 90.5 Å². The minimum absolute atomic E-state index is 0.427. The smallest absolute Gasteiger partial charge is 0.0292 e. The highest BCUT2D eigenvalue weighted by Crippen LogP contribution is 2.45. The quantitative estimate of drug-likeness (QED) is 0.736. The molecule has 1 N–H and O–H groups in total. The third kappa shape index (κ3) is 2.49. The zero-order valence-electron chi connectivity index (χ0n) is 8.30. The van der Waals surface area contributed by atoms with Gasteiger partial charge >= 0.3 is 0 Å². The van der Waals surface area contributed by atoms with Crippen molar-refractivity contribution in [3.63, 3.8) is 0 Å². The van der Waals surface area contributed by atoms with E-state index in [-0.39, 0.29) is 0 Å². The van der Waals surface area contributed by atoms with E-state index in [1.54, 1.807) is 0 Å². The molecule has 0 aliphatic heterocycles.